The van der Waals surface area contributed by atoms with Gasteiger partial charge in [-0.05, 0) is 55.9 Å². The third-order valence-electron chi connectivity index (χ3n) is 5.17. The number of benzene rings is 1. The van der Waals surface area contributed by atoms with E-state index in [0.29, 0.717) is 44.6 Å². The largest absolute Gasteiger partial charge is 0.339 e. The Morgan fingerprint density at radius 2 is 1.60 bits per heavy atom. The quantitative estimate of drug-likeness (QED) is 0.821. The standard InChI is InChI=1S/C18H25FN2O3S/c19-14-15-8-12-20(13-9-15)18(22)16-4-6-17(7-5-16)25(23,24)21-10-2-1-3-11-21/h4-7,15H,1-3,8-14H2. The molecule has 0 spiro atoms. The molecule has 1 aromatic rings. The number of nitrogens with zero attached hydrogens (tertiary/aromatic N) is 2. The van der Waals surface area contributed by atoms with Crippen LogP contribution in [-0.4, -0.2) is 56.4 Å². The van der Waals surface area contributed by atoms with Gasteiger partial charge in [-0.3, -0.25) is 9.18 Å². The lowest BCUT2D eigenvalue weighted by atomic mass is 9.98. The first-order valence-electron chi connectivity index (χ1n) is 8.98. The second-order valence-electron chi connectivity index (χ2n) is 6.88. The molecule has 2 heterocycles. The second-order valence-corrected chi connectivity index (χ2v) is 8.82. The molecular weight excluding hydrogens is 343 g/mol. The molecular formula is C18H25FN2O3S. The Morgan fingerprint density at radius 3 is 2.16 bits per heavy atom. The highest BCUT2D eigenvalue weighted by molar-refractivity contribution is 7.89. The lowest BCUT2D eigenvalue weighted by Crippen LogP contribution is -2.39. The average Bonchev–Trinajstić information content (AvgIpc) is 2.68. The van der Waals surface area contributed by atoms with E-state index in [4.69, 9.17) is 0 Å². The van der Waals surface area contributed by atoms with E-state index in [1.165, 1.54) is 16.4 Å². The van der Waals surface area contributed by atoms with Gasteiger partial charge in [0.2, 0.25) is 10.0 Å². The van der Waals surface area contributed by atoms with E-state index in [9.17, 15) is 17.6 Å². The van der Waals surface area contributed by atoms with Crippen LogP contribution in [0, 0.1) is 5.92 Å². The first-order chi connectivity index (χ1) is 12.0. The minimum atomic E-state index is -3.47. The minimum absolute atomic E-state index is 0.0566. The van der Waals surface area contributed by atoms with Gasteiger partial charge in [-0.25, -0.2) is 8.42 Å². The predicted octanol–water partition coefficient (Wildman–Crippen LogP) is 2.68. The first kappa shape index (κ1) is 18.3. The molecule has 2 saturated heterocycles. The lowest BCUT2D eigenvalue weighted by Gasteiger charge is -2.31. The molecule has 0 atom stereocenters. The van der Waals surface area contributed by atoms with Crippen LogP contribution in [0.5, 0.6) is 0 Å². The van der Waals surface area contributed by atoms with Gasteiger partial charge in [0.1, 0.15) is 0 Å². The van der Waals surface area contributed by atoms with Crippen LogP contribution in [-0.2, 0) is 10.0 Å². The average molecular weight is 368 g/mol. The molecule has 0 unspecified atom stereocenters. The van der Waals surface area contributed by atoms with Crippen LogP contribution >= 0.6 is 0 Å². The Kier molecular flexibility index (Phi) is 5.74. The molecule has 5 nitrogen and oxygen atoms in total. The Hall–Kier alpha value is -1.47. The summed E-state index contributed by atoms with van der Waals surface area (Å²) in [5, 5.41) is 0. The zero-order valence-electron chi connectivity index (χ0n) is 14.4. The number of carbonyl (C=O) groups is 1. The zero-order valence-corrected chi connectivity index (χ0v) is 15.2. The van der Waals surface area contributed by atoms with Gasteiger partial charge in [-0.2, -0.15) is 4.31 Å². The number of amides is 1. The molecule has 25 heavy (non-hydrogen) atoms. The number of alkyl halides is 1. The highest BCUT2D eigenvalue weighted by Gasteiger charge is 2.27. The Bertz CT molecular complexity index is 692. The topological polar surface area (TPSA) is 57.7 Å². The van der Waals surface area contributed by atoms with Crippen molar-refractivity contribution in [3.63, 3.8) is 0 Å². The summed E-state index contributed by atoms with van der Waals surface area (Å²) in [4.78, 5) is 14.5. The van der Waals surface area contributed by atoms with Gasteiger partial charge in [-0.1, -0.05) is 6.42 Å². The van der Waals surface area contributed by atoms with Gasteiger partial charge < -0.3 is 4.90 Å². The Morgan fingerprint density at radius 1 is 1.00 bits per heavy atom. The van der Waals surface area contributed by atoms with Crippen molar-refractivity contribution in [1.29, 1.82) is 0 Å². The number of piperidine rings is 2. The molecule has 1 amide bonds. The summed E-state index contributed by atoms with van der Waals surface area (Å²) in [7, 11) is -3.47. The highest BCUT2D eigenvalue weighted by atomic mass is 32.2. The number of likely N-dealkylation sites (tertiary alicyclic amines) is 1. The lowest BCUT2D eigenvalue weighted by molar-refractivity contribution is 0.0677. The maximum Gasteiger partial charge on any atom is 0.253 e. The summed E-state index contributed by atoms with van der Waals surface area (Å²) in [5.74, 6) is -0.0552. The van der Waals surface area contributed by atoms with Gasteiger partial charge in [0.15, 0.2) is 0 Å². The van der Waals surface area contributed by atoms with Gasteiger partial charge in [-0.15, -0.1) is 0 Å². The molecule has 2 fully saturated rings. The Labute approximate surface area is 148 Å². The van der Waals surface area contributed by atoms with Crippen LogP contribution < -0.4 is 0 Å². The number of hydrogen-bond acceptors (Lipinski definition) is 3. The monoisotopic (exact) mass is 368 g/mol. The van der Waals surface area contributed by atoms with Crippen LogP contribution in [0.15, 0.2) is 29.2 Å². The number of hydrogen-bond donors (Lipinski definition) is 0. The number of rotatable bonds is 4. The van der Waals surface area contributed by atoms with Crippen molar-refractivity contribution in [1.82, 2.24) is 9.21 Å². The molecule has 2 aliphatic heterocycles. The summed E-state index contributed by atoms with van der Waals surface area (Å²) in [6, 6.07) is 6.21. The molecule has 0 N–H and O–H groups in total. The number of sulfonamides is 1. The van der Waals surface area contributed by atoms with E-state index in [-0.39, 0.29) is 23.4 Å². The third kappa shape index (κ3) is 4.03. The summed E-state index contributed by atoms with van der Waals surface area (Å²) in [5.41, 5.74) is 0.483. The summed E-state index contributed by atoms with van der Waals surface area (Å²) in [6.07, 6.45) is 4.22. The summed E-state index contributed by atoms with van der Waals surface area (Å²) >= 11 is 0. The highest BCUT2D eigenvalue weighted by Crippen LogP contribution is 2.23. The number of carbonyl (C=O) groups excluding carboxylic acids is 1. The number of halogens is 1. The fraction of sp³-hybridized carbons (Fsp3) is 0.611. The van der Waals surface area contributed by atoms with Crippen LogP contribution in [0.2, 0.25) is 0 Å². The van der Waals surface area contributed by atoms with Gasteiger partial charge >= 0.3 is 0 Å². The van der Waals surface area contributed by atoms with E-state index < -0.39 is 10.0 Å². The second kappa shape index (κ2) is 7.83. The van der Waals surface area contributed by atoms with Crippen molar-refractivity contribution in [2.45, 2.75) is 37.0 Å². The van der Waals surface area contributed by atoms with Crippen molar-refractivity contribution < 1.29 is 17.6 Å². The zero-order chi connectivity index (χ0) is 17.9. The molecule has 0 aliphatic carbocycles. The van der Waals surface area contributed by atoms with E-state index >= 15 is 0 Å². The molecule has 2 aliphatic rings. The first-order valence-corrected chi connectivity index (χ1v) is 10.4. The van der Waals surface area contributed by atoms with Crippen molar-refractivity contribution in [2.75, 3.05) is 32.9 Å². The predicted molar refractivity (Wildman–Crippen MR) is 93.7 cm³/mol. The minimum Gasteiger partial charge on any atom is -0.339 e. The van der Waals surface area contributed by atoms with Crippen molar-refractivity contribution in [3.8, 4) is 0 Å². The molecule has 3 rings (SSSR count). The van der Waals surface area contributed by atoms with E-state index in [1.807, 2.05) is 0 Å². The van der Waals surface area contributed by atoms with E-state index in [0.717, 1.165) is 19.3 Å². The van der Waals surface area contributed by atoms with Crippen molar-refractivity contribution >= 4 is 15.9 Å². The fourth-order valence-corrected chi connectivity index (χ4v) is 5.01. The third-order valence-corrected chi connectivity index (χ3v) is 7.09. The molecule has 0 aromatic heterocycles. The smallest absolute Gasteiger partial charge is 0.253 e. The maximum absolute atomic E-state index is 12.7. The Balaban J connectivity index is 1.68. The SMILES string of the molecule is O=C(c1ccc(S(=O)(=O)N2CCCCC2)cc1)N1CCC(CF)CC1. The van der Waals surface area contributed by atoms with E-state index in [1.54, 1.807) is 17.0 Å². The molecule has 7 heteroatoms. The van der Waals surface area contributed by atoms with Crippen LogP contribution in [0.3, 0.4) is 0 Å². The van der Waals surface area contributed by atoms with Crippen LogP contribution in [0.25, 0.3) is 0 Å². The molecule has 1 aromatic carbocycles. The van der Waals surface area contributed by atoms with Crippen LogP contribution in [0.1, 0.15) is 42.5 Å². The molecule has 0 bridgehead atoms. The van der Waals surface area contributed by atoms with Gasteiger partial charge in [0, 0.05) is 31.7 Å². The molecule has 0 radical (unpaired) electrons. The van der Waals surface area contributed by atoms with E-state index in [2.05, 4.69) is 0 Å². The van der Waals surface area contributed by atoms with Crippen LogP contribution in [0.4, 0.5) is 4.39 Å². The molecule has 0 saturated carbocycles. The molecule has 138 valence electrons. The van der Waals surface area contributed by atoms with Gasteiger partial charge in [0.25, 0.3) is 5.91 Å². The van der Waals surface area contributed by atoms with Crippen molar-refractivity contribution in [3.05, 3.63) is 29.8 Å². The maximum atomic E-state index is 12.7. The fourth-order valence-electron chi connectivity index (χ4n) is 3.50. The summed E-state index contributed by atoms with van der Waals surface area (Å²) in [6.45, 7) is 1.91. The van der Waals surface area contributed by atoms with Gasteiger partial charge in [0.05, 0.1) is 11.6 Å². The van der Waals surface area contributed by atoms with Crippen molar-refractivity contribution in [2.24, 2.45) is 5.92 Å². The normalized spacial score (nSPS) is 20.6. The summed E-state index contributed by atoms with van der Waals surface area (Å²) < 4.78 is 39.5.